The van der Waals surface area contributed by atoms with Crippen molar-refractivity contribution in [1.29, 1.82) is 0 Å². The average Bonchev–Trinajstić information content (AvgIpc) is 4.12. The van der Waals surface area contributed by atoms with Gasteiger partial charge in [0.2, 0.25) is 11.9 Å². The minimum absolute atomic E-state index is 0.147. The van der Waals surface area contributed by atoms with Crippen LogP contribution in [0.5, 0.6) is 0 Å². The van der Waals surface area contributed by atoms with Crippen LogP contribution in [0.3, 0.4) is 0 Å². The summed E-state index contributed by atoms with van der Waals surface area (Å²) >= 11 is 0. The van der Waals surface area contributed by atoms with Gasteiger partial charge in [-0.2, -0.15) is 49.9 Å². The summed E-state index contributed by atoms with van der Waals surface area (Å²) < 4.78 is 3.35. The lowest BCUT2D eigenvalue weighted by atomic mass is 10.2. The lowest BCUT2D eigenvalue weighted by Gasteiger charge is -2.21. The normalized spacial score (nSPS) is 28.9. The number of carbonyl (C=O) groups excluding carboxylic acids is 1. The first-order chi connectivity index (χ1) is 30.0. The number of rotatable bonds is 10. The number of urea groups is 1. The number of aromatic nitrogens is 14. The highest BCUT2D eigenvalue weighted by Gasteiger charge is 2.47. The fourth-order valence-electron chi connectivity index (χ4n) is 9.22. The molecule has 0 spiro atoms. The van der Waals surface area contributed by atoms with Crippen LogP contribution in [0.15, 0.2) is 25.0 Å². The van der Waals surface area contributed by atoms with Crippen molar-refractivity contribution in [2.45, 2.75) is 99.6 Å². The molecule has 6 aromatic rings. The number of anilines is 4. The van der Waals surface area contributed by atoms with Crippen LogP contribution >= 0.6 is 0 Å². The van der Waals surface area contributed by atoms with Gasteiger partial charge < -0.3 is 71.7 Å². The average molecular weight is 859 g/mol. The van der Waals surface area contributed by atoms with Crippen LogP contribution in [0.4, 0.5) is 28.3 Å². The SMILES string of the molecule is Nc1nc(N2CC[C@@H](NC(=O)N[C@@H]3CCN(c4nc(N)c5ncn([C@@H]6C[C@H](n7ncc(CO)n7)[C@@H](O)[C@H]6O)c5n4)C3)C2)nc2c1ncn2[C@@H]1C[C@H](n2ncc(CO)n2)[C@@H](O)[C@H]1O. The summed E-state index contributed by atoms with van der Waals surface area (Å²) in [5.41, 5.74) is 14.9. The highest BCUT2D eigenvalue weighted by molar-refractivity contribution is 5.84. The first kappa shape index (κ1) is 39.7. The standard InChI is InChI=1S/C35H46N20O7/c36-29-23-31(52(13-38-23)19-5-21(27(60)25(19)58)54-40-7-17(11-56)48-54)46-33(44-29)50-3-1-15(9-50)42-35(62)43-16-2-4-51(10-16)34-45-30(37)24-32(47-34)53(14-39-24)20-6-22(28(61)26(20)59)55-41-8-18(12-57)49-55/h7-8,13-16,19-22,25-28,56-61H,1-6,9-12H2,(H2,36,44,46)(H2,37,45,47)(H2,42,43,62)/t15-,16-,19-,20-,21+,22+,25+,26+,27-,28-/m1/s1. The number of hydrogen-bond acceptors (Lipinski definition) is 21. The molecule has 2 aliphatic carbocycles. The zero-order valence-electron chi connectivity index (χ0n) is 33.1. The molecular formula is C35H46N20O7. The Morgan fingerprint density at radius 1 is 0.645 bits per heavy atom. The molecule has 2 aliphatic heterocycles. The molecule has 328 valence electrons. The number of nitrogens with zero attached hydrogens (tertiary/aromatic N) is 16. The summed E-state index contributed by atoms with van der Waals surface area (Å²) in [5, 5.41) is 85.7. The molecule has 2 amide bonds. The zero-order valence-corrected chi connectivity index (χ0v) is 33.1. The summed E-state index contributed by atoms with van der Waals surface area (Å²) in [6, 6.07) is -3.37. The van der Waals surface area contributed by atoms with E-state index in [2.05, 4.69) is 51.0 Å². The van der Waals surface area contributed by atoms with E-state index in [-0.39, 0.29) is 55.8 Å². The van der Waals surface area contributed by atoms with Crippen LogP contribution in [0.1, 0.15) is 61.2 Å². The van der Waals surface area contributed by atoms with Crippen molar-refractivity contribution in [1.82, 2.24) is 79.7 Å². The number of aliphatic hydroxyl groups excluding tert-OH is 6. The molecule has 0 unspecified atom stereocenters. The summed E-state index contributed by atoms with van der Waals surface area (Å²) in [7, 11) is 0. The van der Waals surface area contributed by atoms with Crippen LogP contribution in [-0.2, 0) is 13.2 Å². The molecule has 0 aromatic carbocycles. The van der Waals surface area contributed by atoms with Gasteiger partial charge in [0, 0.05) is 38.3 Å². The van der Waals surface area contributed by atoms with E-state index in [0.717, 1.165) is 0 Å². The highest BCUT2D eigenvalue weighted by Crippen LogP contribution is 2.41. The van der Waals surface area contributed by atoms with Crippen molar-refractivity contribution in [3.05, 3.63) is 36.4 Å². The maximum absolute atomic E-state index is 13.3. The number of amides is 2. The Kier molecular flexibility index (Phi) is 9.94. The van der Waals surface area contributed by atoms with Crippen molar-refractivity contribution >= 4 is 51.9 Å². The van der Waals surface area contributed by atoms with E-state index < -0.39 is 48.6 Å². The maximum atomic E-state index is 13.3. The second-order valence-corrected chi connectivity index (χ2v) is 16.3. The molecule has 4 fully saturated rings. The fourth-order valence-corrected chi connectivity index (χ4v) is 9.22. The zero-order chi connectivity index (χ0) is 43.0. The van der Waals surface area contributed by atoms with Crippen molar-refractivity contribution in [2.75, 3.05) is 47.4 Å². The topological polar surface area (TPSA) is 370 Å². The van der Waals surface area contributed by atoms with Gasteiger partial charge in [0.05, 0.1) is 50.3 Å². The predicted octanol–water partition coefficient (Wildman–Crippen LogP) is -3.73. The van der Waals surface area contributed by atoms with E-state index in [1.54, 1.807) is 9.13 Å². The first-order valence-corrected chi connectivity index (χ1v) is 20.3. The molecule has 10 rings (SSSR count). The van der Waals surface area contributed by atoms with E-state index in [0.29, 0.717) is 84.6 Å². The minimum atomic E-state index is -1.19. The van der Waals surface area contributed by atoms with Gasteiger partial charge in [-0.25, -0.2) is 14.8 Å². The van der Waals surface area contributed by atoms with Crippen LogP contribution in [0.25, 0.3) is 22.3 Å². The summed E-state index contributed by atoms with van der Waals surface area (Å²) in [5.74, 6) is 0.963. The monoisotopic (exact) mass is 858 g/mol. The van der Waals surface area contributed by atoms with Gasteiger partial charge in [-0.1, -0.05) is 0 Å². The van der Waals surface area contributed by atoms with Gasteiger partial charge in [0.15, 0.2) is 22.9 Å². The summed E-state index contributed by atoms with van der Waals surface area (Å²) in [6.07, 6.45) is 2.81. The third-order valence-electron chi connectivity index (χ3n) is 12.5. The number of nitrogens with one attached hydrogen (secondary N) is 2. The van der Waals surface area contributed by atoms with Gasteiger partial charge in [0.1, 0.15) is 58.9 Å². The van der Waals surface area contributed by atoms with Crippen molar-refractivity contribution < 1.29 is 35.4 Å². The summed E-state index contributed by atoms with van der Waals surface area (Å²) in [4.78, 5) is 47.1. The Bertz CT molecular complexity index is 2440. The molecule has 8 heterocycles. The van der Waals surface area contributed by atoms with E-state index in [1.807, 2.05) is 9.80 Å². The fraction of sp³-hybridized carbons (Fsp3) is 0.571. The molecular weight excluding hydrogens is 813 g/mol. The third kappa shape index (κ3) is 6.81. The number of fused-ring (bicyclic) bond motifs is 2. The number of nitrogens with two attached hydrogens (primary N) is 2. The second-order valence-electron chi connectivity index (χ2n) is 16.3. The Balaban J connectivity index is 0.771. The maximum Gasteiger partial charge on any atom is 0.315 e. The largest absolute Gasteiger partial charge is 0.390 e. The van der Waals surface area contributed by atoms with Gasteiger partial charge in [-0.15, -0.1) is 0 Å². The van der Waals surface area contributed by atoms with E-state index in [1.165, 1.54) is 34.6 Å². The molecule has 0 bridgehead atoms. The molecule has 2 saturated heterocycles. The molecule has 27 heteroatoms. The minimum Gasteiger partial charge on any atom is -0.390 e. The Hall–Kier alpha value is -6.39. The quantitative estimate of drug-likeness (QED) is 0.0633. The second kappa shape index (κ2) is 15.5. The van der Waals surface area contributed by atoms with Crippen molar-refractivity contribution in [3.8, 4) is 0 Å². The van der Waals surface area contributed by atoms with Gasteiger partial charge in [-0.05, 0) is 25.7 Å². The predicted molar refractivity (Wildman–Crippen MR) is 214 cm³/mol. The van der Waals surface area contributed by atoms with Crippen LogP contribution < -0.4 is 31.9 Å². The Labute approximate surface area is 350 Å². The van der Waals surface area contributed by atoms with E-state index >= 15 is 0 Å². The first-order valence-electron chi connectivity index (χ1n) is 20.3. The number of carbonyl (C=O) groups is 1. The molecule has 6 aromatic heterocycles. The highest BCUT2D eigenvalue weighted by atomic mass is 16.3. The van der Waals surface area contributed by atoms with Gasteiger partial charge >= 0.3 is 6.03 Å². The van der Waals surface area contributed by atoms with Crippen molar-refractivity contribution in [3.63, 3.8) is 0 Å². The molecule has 4 aliphatic rings. The van der Waals surface area contributed by atoms with E-state index in [4.69, 9.17) is 21.4 Å². The molecule has 62 heavy (non-hydrogen) atoms. The molecule has 0 radical (unpaired) electrons. The Morgan fingerprint density at radius 2 is 1.06 bits per heavy atom. The van der Waals surface area contributed by atoms with Crippen LogP contribution in [-0.4, -0.2) is 168 Å². The third-order valence-corrected chi connectivity index (χ3v) is 12.5. The van der Waals surface area contributed by atoms with Crippen LogP contribution in [0, 0.1) is 0 Å². The number of nitrogen functional groups attached to an aromatic ring is 2. The molecule has 10 atom stereocenters. The Morgan fingerprint density at radius 3 is 1.47 bits per heavy atom. The van der Waals surface area contributed by atoms with Crippen molar-refractivity contribution in [2.24, 2.45) is 0 Å². The molecule has 27 nitrogen and oxygen atoms in total. The van der Waals surface area contributed by atoms with Crippen LogP contribution in [0.2, 0.25) is 0 Å². The number of aliphatic hydroxyl groups is 6. The smallest absolute Gasteiger partial charge is 0.315 e. The van der Waals surface area contributed by atoms with Gasteiger partial charge in [0.25, 0.3) is 0 Å². The van der Waals surface area contributed by atoms with E-state index in [9.17, 15) is 35.4 Å². The lowest BCUT2D eigenvalue weighted by molar-refractivity contribution is 0.00491. The molecule has 2 saturated carbocycles. The number of hydrogen-bond donors (Lipinski definition) is 10. The van der Waals surface area contributed by atoms with Gasteiger partial charge in [-0.3, -0.25) is 0 Å². The molecule has 12 N–H and O–H groups in total. The summed E-state index contributed by atoms with van der Waals surface area (Å²) in [6.45, 7) is 1.28. The lowest BCUT2D eigenvalue weighted by Crippen LogP contribution is -2.48. The number of imidazole rings is 2.